The summed E-state index contributed by atoms with van der Waals surface area (Å²) in [5.74, 6) is 1.69. The highest BCUT2D eigenvalue weighted by Crippen LogP contribution is 2.27. The zero-order valence-corrected chi connectivity index (χ0v) is 11.9. The first-order chi connectivity index (χ1) is 9.67. The number of nitriles is 1. The van der Waals surface area contributed by atoms with E-state index in [9.17, 15) is 0 Å². The van der Waals surface area contributed by atoms with E-state index in [0.29, 0.717) is 5.56 Å². The maximum atomic E-state index is 8.83. The number of hydrogen-bond acceptors (Lipinski definition) is 5. The SMILES string of the molecule is CCNc1ncnc(N(C)c2ccc(C#N)cc2)c1C. The molecule has 0 atom stereocenters. The topological polar surface area (TPSA) is 64.8 Å². The Hall–Kier alpha value is -2.61. The first kappa shape index (κ1) is 13.8. The average molecular weight is 267 g/mol. The van der Waals surface area contributed by atoms with Gasteiger partial charge in [0.25, 0.3) is 0 Å². The first-order valence-corrected chi connectivity index (χ1v) is 6.46. The molecule has 0 aliphatic rings. The monoisotopic (exact) mass is 267 g/mol. The van der Waals surface area contributed by atoms with Crippen LogP contribution >= 0.6 is 0 Å². The predicted octanol–water partition coefficient (Wildman–Crippen LogP) is 2.86. The largest absolute Gasteiger partial charge is 0.370 e. The lowest BCUT2D eigenvalue weighted by Crippen LogP contribution is -2.14. The van der Waals surface area contributed by atoms with Crippen molar-refractivity contribution in [3.8, 4) is 6.07 Å². The van der Waals surface area contributed by atoms with Gasteiger partial charge in [0.1, 0.15) is 18.0 Å². The van der Waals surface area contributed by atoms with Crippen LogP contribution in [0, 0.1) is 18.3 Å². The zero-order chi connectivity index (χ0) is 14.5. The highest BCUT2D eigenvalue weighted by molar-refractivity contribution is 5.66. The molecule has 0 fully saturated rings. The lowest BCUT2D eigenvalue weighted by atomic mass is 10.2. The van der Waals surface area contributed by atoms with Crippen molar-refractivity contribution in [3.63, 3.8) is 0 Å². The summed E-state index contributed by atoms with van der Waals surface area (Å²) < 4.78 is 0. The van der Waals surface area contributed by atoms with Crippen LogP contribution in [0.4, 0.5) is 17.3 Å². The quantitative estimate of drug-likeness (QED) is 0.922. The van der Waals surface area contributed by atoms with Gasteiger partial charge in [0.15, 0.2) is 0 Å². The second kappa shape index (κ2) is 6.02. The molecule has 2 rings (SSSR count). The summed E-state index contributed by atoms with van der Waals surface area (Å²) in [4.78, 5) is 10.6. The molecule has 5 heteroatoms. The standard InChI is InChI=1S/C15H17N5/c1-4-17-14-11(2)15(19-10-18-14)20(3)13-7-5-12(9-16)6-8-13/h5-8,10H,4H2,1-3H3,(H,17,18,19). The normalized spacial score (nSPS) is 9.90. The van der Waals surface area contributed by atoms with E-state index in [1.807, 2.05) is 37.9 Å². The van der Waals surface area contributed by atoms with Crippen molar-refractivity contribution in [2.75, 3.05) is 23.8 Å². The van der Waals surface area contributed by atoms with Crippen molar-refractivity contribution < 1.29 is 0 Å². The van der Waals surface area contributed by atoms with Crippen LogP contribution in [-0.4, -0.2) is 23.6 Å². The van der Waals surface area contributed by atoms with Crippen molar-refractivity contribution in [1.82, 2.24) is 9.97 Å². The van der Waals surface area contributed by atoms with Crippen LogP contribution in [0.1, 0.15) is 18.1 Å². The Kier molecular flexibility index (Phi) is 4.16. The Morgan fingerprint density at radius 1 is 1.25 bits per heavy atom. The highest BCUT2D eigenvalue weighted by Gasteiger charge is 2.12. The molecule has 0 unspecified atom stereocenters. The van der Waals surface area contributed by atoms with E-state index >= 15 is 0 Å². The van der Waals surface area contributed by atoms with Crippen molar-refractivity contribution in [2.45, 2.75) is 13.8 Å². The third-order valence-electron chi connectivity index (χ3n) is 3.10. The predicted molar refractivity (Wildman–Crippen MR) is 80.2 cm³/mol. The molecule has 0 bridgehead atoms. The summed E-state index contributed by atoms with van der Waals surface area (Å²) >= 11 is 0. The molecule has 20 heavy (non-hydrogen) atoms. The van der Waals surface area contributed by atoms with Crippen LogP contribution in [0.5, 0.6) is 0 Å². The fourth-order valence-electron chi connectivity index (χ4n) is 2.01. The van der Waals surface area contributed by atoms with Crippen LogP contribution in [0.3, 0.4) is 0 Å². The van der Waals surface area contributed by atoms with E-state index in [2.05, 4.69) is 21.4 Å². The summed E-state index contributed by atoms with van der Waals surface area (Å²) in [5, 5.41) is 12.1. The molecule has 0 aliphatic carbocycles. The minimum Gasteiger partial charge on any atom is -0.370 e. The van der Waals surface area contributed by atoms with Crippen LogP contribution in [0.25, 0.3) is 0 Å². The third-order valence-corrected chi connectivity index (χ3v) is 3.10. The Morgan fingerprint density at radius 2 is 1.95 bits per heavy atom. The maximum Gasteiger partial charge on any atom is 0.141 e. The molecule has 0 saturated carbocycles. The van der Waals surface area contributed by atoms with Gasteiger partial charge in [-0.2, -0.15) is 5.26 Å². The molecule has 0 radical (unpaired) electrons. The summed E-state index contributed by atoms with van der Waals surface area (Å²) in [6.07, 6.45) is 1.56. The second-order valence-corrected chi connectivity index (χ2v) is 4.42. The van der Waals surface area contributed by atoms with Crippen LogP contribution in [0.2, 0.25) is 0 Å². The summed E-state index contributed by atoms with van der Waals surface area (Å²) in [6.45, 7) is 4.84. The zero-order valence-electron chi connectivity index (χ0n) is 11.9. The highest BCUT2D eigenvalue weighted by atomic mass is 15.2. The second-order valence-electron chi connectivity index (χ2n) is 4.42. The fraction of sp³-hybridized carbons (Fsp3) is 0.267. The molecule has 0 spiro atoms. The van der Waals surface area contributed by atoms with E-state index in [1.54, 1.807) is 18.5 Å². The molecule has 1 aromatic carbocycles. The lowest BCUT2D eigenvalue weighted by molar-refractivity contribution is 1.03. The van der Waals surface area contributed by atoms with Gasteiger partial charge in [0.2, 0.25) is 0 Å². The first-order valence-electron chi connectivity index (χ1n) is 6.46. The minimum absolute atomic E-state index is 0.648. The number of hydrogen-bond donors (Lipinski definition) is 1. The number of aromatic nitrogens is 2. The molecule has 0 saturated heterocycles. The smallest absolute Gasteiger partial charge is 0.141 e. The van der Waals surface area contributed by atoms with Gasteiger partial charge in [-0.3, -0.25) is 0 Å². The molecule has 0 aliphatic heterocycles. The number of benzene rings is 1. The molecule has 102 valence electrons. The minimum atomic E-state index is 0.648. The number of nitrogens with zero attached hydrogens (tertiary/aromatic N) is 4. The number of nitrogens with one attached hydrogen (secondary N) is 1. The van der Waals surface area contributed by atoms with E-state index in [4.69, 9.17) is 5.26 Å². The van der Waals surface area contributed by atoms with Gasteiger partial charge in [-0.05, 0) is 38.1 Å². The van der Waals surface area contributed by atoms with Gasteiger partial charge < -0.3 is 10.2 Å². The summed E-state index contributed by atoms with van der Waals surface area (Å²) in [5.41, 5.74) is 2.63. The van der Waals surface area contributed by atoms with Crippen LogP contribution < -0.4 is 10.2 Å². The summed E-state index contributed by atoms with van der Waals surface area (Å²) in [6, 6.07) is 9.53. The van der Waals surface area contributed by atoms with Gasteiger partial charge >= 0.3 is 0 Å². The fourth-order valence-corrected chi connectivity index (χ4v) is 2.01. The van der Waals surface area contributed by atoms with Crippen LogP contribution in [-0.2, 0) is 0 Å². The van der Waals surface area contributed by atoms with E-state index in [0.717, 1.165) is 29.4 Å². The lowest BCUT2D eigenvalue weighted by Gasteiger charge is -2.21. The van der Waals surface area contributed by atoms with E-state index in [1.165, 1.54) is 0 Å². The van der Waals surface area contributed by atoms with E-state index < -0.39 is 0 Å². The molecule has 1 N–H and O–H groups in total. The number of anilines is 3. The van der Waals surface area contributed by atoms with Crippen molar-refractivity contribution in [2.24, 2.45) is 0 Å². The Labute approximate surface area is 118 Å². The third kappa shape index (κ3) is 2.69. The molecule has 1 heterocycles. The van der Waals surface area contributed by atoms with Gasteiger partial charge in [0.05, 0.1) is 11.6 Å². The Balaban J connectivity index is 2.35. The Bertz CT molecular complexity index is 628. The molecule has 5 nitrogen and oxygen atoms in total. The van der Waals surface area contributed by atoms with Crippen molar-refractivity contribution >= 4 is 17.3 Å². The van der Waals surface area contributed by atoms with E-state index in [-0.39, 0.29) is 0 Å². The molecular weight excluding hydrogens is 250 g/mol. The van der Waals surface area contributed by atoms with Crippen molar-refractivity contribution in [1.29, 1.82) is 5.26 Å². The maximum absolute atomic E-state index is 8.83. The van der Waals surface area contributed by atoms with Crippen molar-refractivity contribution in [3.05, 3.63) is 41.7 Å². The molecule has 2 aromatic rings. The van der Waals surface area contributed by atoms with Gasteiger partial charge in [-0.1, -0.05) is 0 Å². The van der Waals surface area contributed by atoms with Crippen LogP contribution in [0.15, 0.2) is 30.6 Å². The summed E-state index contributed by atoms with van der Waals surface area (Å²) in [7, 11) is 1.95. The molecule has 0 amide bonds. The Morgan fingerprint density at radius 3 is 2.55 bits per heavy atom. The van der Waals surface area contributed by atoms with Gasteiger partial charge in [-0.15, -0.1) is 0 Å². The van der Waals surface area contributed by atoms with Gasteiger partial charge in [0, 0.05) is 24.8 Å². The average Bonchev–Trinajstić information content (AvgIpc) is 2.49. The molecular formula is C15H17N5. The number of rotatable bonds is 4. The molecule has 1 aromatic heterocycles. The van der Waals surface area contributed by atoms with Gasteiger partial charge in [-0.25, -0.2) is 9.97 Å².